The highest BCUT2D eigenvalue weighted by Crippen LogP contribution is 2.11. The first-order chi connectivity index (χ1) is 10.2. The van der Waals surface area contributed by atoms with E-state index in [4.69, 9.17) is 0 Å². The Bertz CT molecular complexity index is 667. The van der Waals surface area contributed by atoms with Gasteiger partial charge in [-0.15, -0.1) is 5.10 Å². The fourth-order valence-corrected chi connectivity index (χ4v) is 2.28. The van der Waals surface area contributed by atoms with Gasteiger partial charge in [-0.1, -0.05) is 23.4 Å². The molecule has 1 aliphatic rings. The Kier molecular flexibility index (Phi) is 3.39. The van der Waals surface area contributed by atoms with Crippen molar-refractivity contribution in [1.29, 1.82) is 0 Å². The topological polar surface area (TPSA) is 80.1 Å². The average molecular weight is 285 g/mol. The molecular weight excluding hydrogens is 270 g/mol. The van der Waals surface area contributed by atoms with Crippen molar-refractivity contribution in [2.24, 2.45) is 0 Å². The first kappa shape index (κ1) is 13.3. The maximum Gasteiger partial charge on any atom is 0.276 e. The Labute approximate surface area is 121 Å². The van der Waals surface area contributed by atoms with Crippen LogP contribution < -0.4 is 5.32 Å². The predicted octanol–water partition coefficient (Wildman–Crippen LogP) is 0.228. The molecule has 7 nitrogen and oxygen atoms in total. The molecule has 1 unspecified atom stereocenters. The van der Waals surface area contributed by atoms with E-state index in [-0.39, 0.29) is 17.5 Å². The van der Waals surface area contributed by atoms with Gasteiger partial charge in [-0.05, 0) is 19.1 Å². The first-order valence-electron chi connectivity index (χ1n) is 6.73. The van der Waals surface area contributed by atoms with Crippen LogP contribution in [0.3, 0.4) is 0 Å². The molecule has 1 aromatic carbocycles. The number of benzene rings is 1. The number of para-hydroxylation sites is 1. The second-order valence-corrected chi connectivity index (χ2v) is 4.85. The summed E-state index contributed by atoms with van der Waals surface area (Å²) in [5.74, 6) is -0.426. The number of nitrogens with one attached hydrogen (secondary N) is 1. The highest BCUT2D eigenvalue weighted by Gasteiger charge is 2.31. The molecule has 1 saturated heterocycles. The van der Waals surface area contributed by atoms with Gasteiger partial charge in [-0.2, -0.15) is 0 Å². The molecule has 0 saturated carbocycles. The predicted molar refractivity (Wildman–Crippen MR) is 74.9 cm³/mol. The molecule has 1 aromatic heterocycles. The Hall–Kier alpha value is -2.70. The second kappa shape index (κ2) is 5.35. The zero-order chi connectivity index (χ0) is 14.8. The van der Waals surface area contributed by atoms with E-state index in [1.54, 1.807) is 17.8 Å². The minimum absolute atomic E-state index is 0.148. The third-order valence-electron chi connectivity index (χ3n) is 3.49. The lowest BCUT2D eigenvalue weighted by Crippen LogP contribution is -2.55. The Morgan fingerprint density at radius 1 is 1.33 bits per heavy atom. The summed E-state index contributed by atoms with van der Waals surface area (Å²) in [4.78, 5) is 25.6. The largest absolute Gasteiger partial charge is 0.353 e. The van der Waals surface area contributed by atoms with E-state index >= 15 is 0 Å². The molecule has 2 heterocycles. The average Bonchev–Trinajstić information content (AvgIpc) is 3.00. The molecule has 108 valence electrons. The third-order valence-corrected chi connectivity index (χ3v) is 3.49. The van der Waals surface area contributed by atoms with Crippen LogP contribution in [-0.2, 0) is 4.79 Å². The number of amides is 2. The smallest absolute Gasteiger partial charge is 0.276 e. The summed E-state index contributed by atoms with van der Waals surface area (Å²) in [6.07, 6.45) is 1.58. The summed E-state index contributed by atoms with van der Waals surface area (Å²) in [7, 11) is 0. The normalized spacial score (nSPS) is 18.4. The summed E-state index contributed by atoms with van der Waals surface area (Å²) in [6, 6.07) is 8.93. The zero-order valence-corrected chi connectivity index (χ0v) is 11.6. The number of hydrogen-bond acceptors (Lipinski definition) is 4. The maximum absolute atomic E-state index is 12.4. The van der Waals surface area contributed by atoms with Gasteiger partial charge >= 0.3 is 0 Å². The standard InChI is InChI=1S/C14H15N5O2/c1-10-13(20)15-7-8-18(10)14(21)12-9-19(17-16-12)11-5-3-2-4-6-11/h2-6,9-10H,7-8H2,1H3,(H,15,20). The van der Waals surface area contributed by atoms with E-state index in [0.29, 0.717) is 13.1 Å². The molecule has 0 spiro atoms. The summed E-state index contributed by atoms with van der Waals surface area (Å²) in [5.41, 5.74) is 1.06. The van der Waals surface area contributed by atoms with Gasteiger partial charge in [0.15, 0.2) is 5.69 Å². The van der Waals surface area contributed by atoms with Gasteiger partial charge in [0, 0.05) is 13.1 Å². The van der Waals surface area contributed by atoms with E-state index in [1.807, 2.05) is 30.3 Å². The maximum atomic E-state index is 12.4. The van der Waals surface area contributed by atoms with Crippen LogP contribution in [0.5, 0.6) is 0 Å². The number of rotatable bonds is 2. The number of nitrogens with zero attached hydrogens (tertiary/aromatic N) is 4. The molecular formula is C14H15N5O2. The van der Waals surface area contributed by atoms with Crippen molar-refractivity contribution in [3.8, 4) is 5.69 Å². The van der Waals surface area contributed by atoms with Crippen LogP contribution in [-0.4, -0.2) is 50.8 Å². The quantitative estimate of drug-likeness (QED) is 0.856. The van der Waals surface area contributed by atoms with Crippen LogP contribution in [0.2, 0.25) is 0 Å². The molecule has 0 bridgehead atoms. The number of aromatic nitrogens is 3. The van der Waals surface area contributed by atoms with Crippen molar-refractivity contribution >= 4 is 11.8 Å². The molecule has 1 fully saturated rings. The lowest BCUT2D eigenvalue weighted by Gasteiger charge is -2.32. The SMILES string of the molecule is CC1C(=O)NCCN1C(=O)c1cn(-c2ccccc2)nn1. The van der Waals surface area contributed by atoms with E-state index in [2.05, 4.69) is 15.6 Å². The molecule has 0 radical (unpaired) electrons. The summed E-state index contributed by atoms with van der Waals surface area (Å²) in [5, 5.41) is 10.6. The lowest BCUT2D eigenvalue weighted by molar-refractivity contribution is -0.127. The molecule has 1 atom stereocenters. The monoisotopic (exact) mass is 285 g/mol. The van der Waals surface area contributed by atoms with E-state index < -0.39 is 6.04 Å². The van der Waals surface area contributed by atoms with Crippen LogP contribution in [0.4, 0.5) is 0 Å². The van der Waals surface area contributed by atoms with Crippen LogP contribution in [0, 0.1) is 0 Å². The lowest BCUT2D eigenvalue weighted by atomic mass is 10.2. The van der Waals surface area contributed by atoms with Gasteiger partial charge < -0.3 is 10.2 Å². The van der Waals surface area contributed by atoms with Crippen LogP contribution >= 0.6 is 0 Å². The van der Waals surface area contributed by atoms with Crippen molar-refractivity contribution in [3.05, 3.63) is 42.2 Å². The molecule has 2 aromatic rings. The van der Waals surface area contributed by atoms with E-state index in [1.165, 1.54) is 4.90 Å². The number of carbonyl (C=O) groups excluding carboxylic acids is 2. The van der Waals surface area contributed by atoms with Crippen molar-refractivity contribution < 1.29 is 9.59 Å². The number of piperazine rings is 1. The van der Waals surface area contributed by atoms with Crippen molar-refractivity contribution in [2.45, 2.75) is 13.0 Å². The van der Waals surface area contributed by atoms with Gasteiger partial charge in [0.25, 0.3) is 5.91 Å². The summed E-state index contributed by atoms with van der Waals surface area (Å²) in [6.45, 7) is 2.64. The molecule has 7 heteroatoms. The summed E-state index contributed by atoms with van der Waals surface area (Å²) < 4.78 is 1.54. The Balaban J connectivity index is 1.83. The highest BCUT2D eigenvalue weighted by molar-refractivity contribution is 5.96. The fraction of sp³-hybridized carbons (Fsp3) is 0.286. The molecule has 1 aliphatic heterocycles. The van der Waals surface area contributed by atoms with Gasteiger partial charge in [0.05, 0.1) is 11.9 Å². The van der Waals surface area contributed by atoms with E-state index in [0.717, 1.165) is 5.69 Å². The van der Waals surface area contributed by atoms with Gasteiger partial charge in [-0.25, -0.2) is 4.68 Å². The highest BCUT2D eigenvalue weighted by atomic mass is 16.2. The van der Waals surface area contributed by atoms with Gasteiger partial charge in [0.2, 0.25) is 5.91 Å². The molecule has 3 rings (SSSR count). The summed E-state index contributed by atoms with van der Waals surface area (Å²) >= 11 is 0. The number of hydrogen-bond donors (Lipinski definition) is 1. The van der Waals surface area contributed by atoms with Crippen LogP contribution in [0.25, 0.3) is 5.69 Å². The Morgan fingerprint density at radius 3 is 2.86 bits per heavy atom. The number of carbonyl (C=O) groups is 2. The minimum atomic E-state index is -0.492. The van der Waals surface area contributed by atoms with E-state index in [9.17, 15) is 9.59 Å². The molecule has 21 heavy (non-hydrogen) atoms. The van der Waals surface area contributed by atoms with Crippen molar-refractivity contribution in [1.82, 2.24) is 25.2 Å². The van der Waals surface area contributed by atoms with Crippen molar-refractivity contribution in [2.75, 3.05) is 13.1 Å². The zero-order valence-electron chi connectivity index (χ0n) is 11.6. The fourth-order valence-electron chi connectivity index (χ4n) is 2.28. The third kappa shape index (κ3) is 2.49. The minimum Gasteiger partial charge on any atom is -0.353 e. The van der Waals surface area contributed by atoms with Crippen molar-refractivity contribution in [3.63, 3.8) is 0 Å². The van der Waals surface area contributed by atoms with Crippen LogP contribution in [0.1, 0.15) is 17.4 Å². The molecule has 2 amide bonds. The molecule has 0 aliphatic carbocycles. The van der Waals surface area contributed by atoms with Gasteiger partial charge in [0.1, 0.15) is 6.04 Å². The molecule has 1 N–H and O–H groups in total. The first-order valence-corrected chi connectivity index (χ1v) is 6.73. The Morgan fingerprint density at radius 2 is 2.10 bits per heavy atom. The van der Waals surface area contributed by atoms with Gasteiger partial charge in [-0.3, -0.25) is 9.59 Å². The second-order valence-electron chi connectivity index (χ2n) is 4.85. The van der Waals surface area contributed by atoms with Crippen LogP contribution in [0.15, 0.2) is 36.5 Å².